The minimum atomic E-state index is 0.120. The van der Waals surface area contributed by atoms with Gasteiger partial charge in [0.05, 0.1) is 0 Å². The predicted octanol–water partition coefficient (Wildman–Crippen LogP) is 3.35. The second-order valence-corrected chi connectivity index (χ2v) is 5.40. The van der Waals surface area contributed by atoms with Crippen molar-refractivity contribution in [2.24, 2.45) is 11.3 Å². The Morgan fingerprint density at radius 3 is 2.38 bits per heavy atom. The Bertz CT molecular complexity index is 392. The van der Waals surface area contributed by atoms with E-state index in [9.17, 15) is 4.79 Å². The van der Waals surface area contributed by atoms with E-state index < -0.39 is 0 Å². The lowest BCUT2D eigenvalue weighted by molar-refractivity contribution is 0.101. The maximum Gasteiger partial charge on any atom is 0.159 e. The minimum absolute atomic E-state index is 0.120. The van der Waals surface area contributed by atoms with Crippen LogP contribution in [0.5, 0.6) is 0 Å². The fourth-order valence-electron chi connectivity index (χ4n) is 1.99. The summed E-state index contributed by atoms with van der Waals surface area (Å²) in [6.07, 6.45) is 1.31. The van der Waals surface area contributed by atoms with Gasteiger partial charge in [0.1, 0.15) is 0 Å². The number of ketones is 1. The first kappa shape index (κ1) is 11.2. The SMILES string of the molecule is CC(=O)c1ccc(NCC2CC2(C)C)cc1. The molecule has 86 valence electrons. The summed E-state index contributed by atoms with van der Waals surface area (Å²) in [6, 6.07) is 7.71. The Kier molecular flexibility index (Phi) is 2.75. The molecule has 0 spiro atoms. The molecule has 1 N–H and O–H groups in total. The third-order valence-electron chi connectivity index (χ3n) is 3.56. The zero-order chi connectivity index (χ0) is 11.8. The zero-order valence-corrected chi connectivity index (χ0v) is 10.2. The van der Waals surface area contributed by atoms with E-state index in [1.807, 2.05) is 24.3 Å². The largest absolute Gasteiger partial charge is 0.385 e. The average molecular weight is 217 g/mol. The molecule has 0 amide bonds. The highest BCUT2D eigenvalue weighted by Gasteiger charge is 2.44. The topological polar surface area (TPSA) is 29.1 Å². The van der Waals surface area contributed by atoms with Crippen molar-refractivity contribution in [2.45, 2.75) is 27.2 Å². The van der Waals surface area contributed by atoms with Gasteiger partial charge in [-0.1, -0.05) is 13.8 Å². The summed E-state index contributed by atoms with van der Waals surface area (Å²) < 4.78 is 0. The van der Waals surface area contributed by atoms with Crippen LogP contribution < -0.4 is 5.32 Å². The van der Waals surface area contributed by atoms with Crippen molar-refractivity contribution in [2.75, 3.05) is 11.9 Å². The summed E-state index contributed by atoms with van der Waals surface area (Å²) >= 11 is 0. The van der Waals surface area contributed by atoms with Gasteiger partial charge in [0.25, 0.3) is 0 Å². The maximum atomic E-state index is 11.1. The van der Waals surface area contributed by atoms with Crippen LogP contribution in [-0.4, -0.2) is 12.3 Å². The van der Waals surface area contributed by atoms with Crippen molar-refractivity contribution in [3.63, 3.8) is 0 Å². The molecule has 2 nitrogen and oxygen atoms in total. The van der Waals surface area contributed by atoms with Gasteiger partial charge in [-0.05, 0) is 48.9 Å². The van der Waals surface area contributed by atoms with Crippen LogP contribution in [0.1, 0.15) is 37.6 Å². The number of anilines is 1. The van der Waals surface area contributed by atoms with Gasteiger partial charge >= 0.3 is 0 Å². The number of nitrogens with one attached hydrogen (secondary N) is 1. The van der Waals surface area contributed by atoms with Crippen LogP contribution in [0.4, 0.5) is 5.69 Å². The molecule has 0 aromatic heterocycles. The lowest BCUT2D eigenvalue weighted by atomic mass is 10.1. The molecule has 1 aliphatic rings. The van der Waals surface area contributed by atoms with Gasteiger partial charge < -0.3 is 5.32 Å². The molecular formula is C14H19NO. The van der Waals surface area contributed by atoms with Crippen LogP contribution >= 0.6 is 0 Å². The molecule has 0 saturated heterocycles. The summed E-state index contributed by atoms with van der Waals surface area (Å²) in [4.78, 5) is 11.1. The molecule has 1 fully saturated rings. The van der Waals surface area contributed by atoms with Crippen molar-refractivity contribution in [3.8, 4) is 0 Å². The first-order chi connectivity index (χ1) is 7.49. The highest BCUT2D eigenvalue weighted by Crippen LogP contribution is 2.51. The predicted molar refractivity (Wildman–Crippen MR) is 66.8 cm³/mol. The fraction of sp³-hybridized carbons (Fsp3) is 0.500. The van der Waals surface area contributed by atoms with E-state index in [1.165, 1.54) is 6.42 Å². The number of hydrogen-bond donors (Lipinski definition) is 1. The normalized spacial score (nSPS) is 21.6. The van der Waals surface area contributed by atoms with E-state index in [4.69, 9.17) is 0 Å². The number of carbonyl (C=O) groups excluding carboxylic acids is 1. The first-order valence-corrected chi connectivity index (χ1v) is 5.84. The van der Waals surface area contributed by atoms with E-state index in [2.05, 4.69) is 19.2 Å². The third kappa shape index (κ3) is 2.43. The van der Waals surface area contributed by atoms with Crippen LogP contribution in [0.3, 0.4) is 0 Å². The van der Waals surface area contributed by atoms with Crippen molar-refractivity contribution in [1.29, 1.82) is 0 Å². The monoisotopic (exact) mass is 217 g/mol. The molecule has 1 aliphatic carbocycles. The van der Waals surface area contributed by atoms with Gasteiger partial charge in [-0.25, -0.2) is 0 Å². The van der Waals surface area contributed by atoms with E-state index >= 15 is 0 Å². The van der Waals surface area contributed by atoms with Gasteiger partial charge in [-0.3, -0.25) is 4.79 Å². The molecule has 2 rings (SSSR count). The molecule has 1 unspecified atom stereocenters. The second-order valence-electron chi connectivity index (χ2n) is 5.40. The third-order valence-corrected chi connectivity index (χ3v) is 3.56. The molecule has 1 aromatic rings. The summed E-state index contributed by atoms with van der Waals surface area (Å²) in [6.45, 7) is 7.23. The molecule has 16 heavy (non-hydrogen) atoms. The Hall–Kier alpha value is -1.31. The first-order valence-electron chi connectivity index (χ1n) is 5.84. The highest BCUT2D eigenvalue weighted by atomic mass is 16.1. The molecule has 0 heterocycles. The van der Waals surface area contributed by atoms with Gasteiger partial charge in [-0.15, -0.1) is 0 Å². The number of Topliss-reactive ketones (excluding diaryl/α,β-unsaturated/α-hetero) is 1. The maximum absolute atomic E-state index is 11.1. The van der Waals surface area contributed by atoms with Crippen LogP contribution in [0, 0.1) is 11.3 Å². The number of rotatable bonds is 4. The number of carbonyl (C=O) groups is 1. The molecule has 0 radical (unpaired) electrons. The summed E-state index contributed by atoms with van der Waals surface area (Å²) in [5, 5.41) is 3.42. The van der Waals surface area contributed by atoms with Gasteiger partial charge in [0, 0.05) is 17.8 Å². The lowest BCUT2D eigenvalue weighted by Crippen LogP contribution is -2.07. The summed E-state index contributed by atoms with van der Waals surface area (Å²) in [5.74, 6) is 0.912. The molecule has 1 atom stereocenters. The molecule has 0 bridgehead atoms. The Labute approximate surface area is 97.1 Å². The fourth-order valence-corrected chi connectivity index (χ4v) is 1.99. The van der Waals surface area contributed by atoms with Gasteiger partial charge in [-0.2, -0.15) is 0 Å². The number of hydrogen-bond acceptors (Lipinski definition) is 2. The molecule has 1 saturated carbocycles. The van der Waals surface area contributed by atoms with Crippen LogP contribution in [0.2, 0.25) is 0 Å². The molecule has 2 heteroatoms. The second kappa shape index (κ2) is 3.93. The number of benzene rings is 1. The van der Waals surface area contributed by atoms with E-state index in [1.54, 1.807) is 6.92 Å². The Morgan fingerprint density at radius 2 is 1.94 bits per heavy atom. The van der Waals surface area contributed by atoms with Crippen molar-refractivity contribution < 1.29 is 4.79 Å². The minimum Gasteiger partial charge on any atom is -0.385 e. The lowest BCUT2D eigenvalue weighted by Gasteiger charge is -2.08. The molecule has 0 aliphatic heterocycles. The van der Waals surface area contributed by atoms with Crippen molar-refractivity contribution in [3.05, 3.63) is 29.8 Å². The van der Waals surface area contributed by atoms with Crippen molar-refractivity contribution in [1.82, 2.24) is 0 Å². The van der Waals surface area contributed by atoms with E-state index in [-0.39, 0.29) is 5.78 Å². The Balaban J connectivity index is 1.88. The smallest absolute Gasteiger partial charge is 0.159 e. The molecule has 1 aromatic carbocycles. The van der Waals surface area contributed by atoms with Gasteiger partial charge in [0.2, 0.25) is 0 Å². The summed E-state index contributed by atoms with van der Waals surface area (Å²) in [7, 11) is 0. The van der Waals surface area contributed by atoms with Crippen LogP contribution in [0.15, 0.2) is 24.3 Å². The zero-order valence-electron chi connectivity index (χ0n) is 10.2. The highest BCUT2D eigenvalue weighted by molar-refractivity contribution is 5.94. The quantitative estimate of drug-likeness (QED) is 0.784. The van der Waals surface area contributed by atoms with Crippen LogP contribution in [0.25, 0.3) is 0 Å². The van der Waals surface area contributed by atoms with E-state index in [0.717, 1.165) is 23.7 Å². The summed E-state index contributed by atoms with van der Waals surface area (Å²) in [5.41, 5.74) is 2.40. The average Bonchev–Trinajstić information content (AvgIpc) is 2.84. The Morgan fingerprint density at radius 1 is 1.38 bits per heavy atom. The van der Waals surface area contributed by atoms with Crippen molar-refractivity contribution >= 4 is 11.5 Å². The van der Waals surface area contributed by atoms with Crippen LogP contribution in [-0.2, 0) is 0 Å². The van der Waals surface area contributed by atoms with E-state index in [0.29, 0.717) is 5.41 Å². The molecular weight excluding hydrogens is 198 g/mol. The van der Waals surface area contributed by atoms with Gasteiger partial charge in [0.15, 0.2) is 5.78 Å². The standard InChI is InChI=1S/C14H19NO/c1-10(16)11-4-6-13(7-5-11)15-9-12-8-14(12,2)3/h4-7,12,15H,8-9H2,1-3H3.